The lowest BCUT2D eigenvalue weighted by Gasteiger charge is -2.35. The van der Waals surface area contributed by atoms with Crippen LogP contribution in [0.5, 0.6) is 5.75 Å². The zero-order valence-electron chi connectivity index (χ0n) is 25.8. The normalized spacial score (nSPS) is 21.5. The Balaban J connectivity index is 1.67. The Morgan fingerprint density at radius 2 is 1.76 bits per heavy atom. The molecule has 1 aliphatic heterocycles. The molecule has 0 aliphatic carbocycles. The van der Waals surface area contributed by atoms with E-state index in [2.05, 4.69) is 4.72 Å². The molecule has 15 heteroatoms. The van der Waals surface area contributed by atoms with Crippen molar-refractivity contribution in [3.8, 4) is 5.75 Å². The number of ether oxygens (including phenoxy) is 2. The topological polar surface area (TPSA) is 143 Å². The molecule has 3 heterocycles. The predicted octanol–water partition coefficient (Wildman–Crippen LogP) is 4.73. The van der Waals surface area contributed by atoms with Crippen LogP contribution in [0.4, 0.5) is 5.69 Å². The monoisotopic (exact) mass is 699 g/mol. The van der Waals surface area contributed by atoms with E-state index in [4.69, 9.17) is 9.47 Å². The van der Waals surface area contributed by atoms with E-state index in [0.29, 0.717) is 18.8 Å². The Morgan fingerprint density at radius 1 is 1.07 bits per heavy atom. The van der Waals surface area contributed by atoms with Crippen LogP contribution in [0.25, 0.3) is 0 Å². The molecule has 0 unspecified atom stereocenters. The van der Waals surface area contributed by atoms with Gasteiger partial charge in [0.15, 0.2) is 0 Å². The number of sulfonamides is 2. The number of nitrogens with one attached hydrogen (secondary N) is 1. The number of hydrogen-bond acceptors (Lipinski definition) is 10. The minimum Gasteiger partial charge on any atom is -0.490 e. The number of thiophene rings is 2. The molecule has 1 aliphatic rings. The van der Waals surface area contributed by atoms with Gasteiger partial charge < -0.3 is 19.5 Å². The Kier molecular flexibility index (Phi) is 12.1. The van der Waals surface area contributed by atoms with Gasteiger partial charge in [-0.3, -0.25) is 9.52 Å². The van der Waals surface area contributed by atoms with Gasteiger partial charge in [-0.2, -0.15) is 4.31 Å². The van der Waals surface area contributed by atoms with E-state index in [1.54, 1.807) is 48.0 Å². The van der Waals surface area contributed by atoms with Gasteiger partial charge in [0.2, 0.25) is 0 Å². The summed E-state index contributed by atoms with van der Waals surface area (Å²) in [5.74, 6) is -0.491. The van der Waals surface area contributed by atoms with E-state index in [1.807, 2.05) is 13.8 Å². The zero-order valence-corrected chi connectivity index (χ0v) is 29.1. The van der Waals surface area contributed by atoms with E-state index >= 15 is 0 Å². The molecule has 3 aromatic rings. The molecule has 0 saturated heterocycles. The smallest absolute Gasteiger partial charge is 0.271 e. The Bertz CT molecular complexity index is 1610. The quantitative estimate of drug-likeness (QED) is 0.327. The summed E-state index contributed by atoms with van der Waals surface area (Å²) in [7, 11) is -6.08. The molecule has 0 bridgehead atoms. The van der Waals surface area contributed by atoms with Crippen molar-refractivity contribution in [2.45, 2.75) is 66.7 Å². The summed E-state index contributed by atoms with van der Waals surface area (Å²) in [4.78, 5) is 15.8. The molecule has 11 nitrogen and oxygen atoms in total. The number of aliphatic hydroxyl groups is 1. The zero-order chi connectivity index (χ0) is 32.8. The van der Waals surface area contributed by atoms with E-state index in [1.165, 1.54) is 28.4 Å². The van der Waals surface area contributed by atoms with Gasteiger partial charge in [0.05, 0.1) is 30.4 Å². The van der Waals surface area contributed by atoms with Gasteiger partial charge >= 0.3 is 0 Å². The number of hydrogen-bond donors (Lipinski definition) is 2. The molecule has 1 aromatic carbocycles. The van der Waals surface area contributed by atoms with Crippen LogP contribution in [0, 0.1) is 5.92 Å². The maximum atomic E-state index is 14.3. The molecule has 0 radical (unpaired) electrons. The number of amides is 1. The fourth-order valence-electron chi connectivity index (χ4n) is 4.99. The Morgan fingerprint density at radius 3 is 2.40 bits per heavy atom. The van der Waals surface area contributed by atoms with Crippen LogP contribution in [0.3, 0.4) is 0 Å². The summed E-state index contributed by atoms with van der Waals surface area (Å²) in [6.07, 6.45) is 1.37. The van der Waals surface area contributed by atoms with E-state index in [9.17, 15) is 26.7 Å². The summed E-state index contributed by atoms with van der Waals surface area (Å²) < 4.78 is 69.0. The fraction of sp³-hybridized carbons (Fsp3) is 0.500. The summed E-state index contributed by atoms with van der Waals surface area (Å²) in [5.41, 5.74) is 0.340. The van der Waals surface area contributed by atoms with Gasteiger partial charge in [0.1, 0.15) is 14.2 Å². The lowest BCUT2D eigenvalue weighted by atomic mass is 10.0. The van der Waals surface area contributed by atoms with E-state index < -0.39 is 38.1 Å². The lowest BCUT2D eigenvalue weighted by molar-refractivity contribution is -0.00832. The van der Waals surface area contributed by atoms with Gasteiger partial charge in [-0.05, 0) is 74.2 Å². The van der Waals surface area contributed by atoms with Gasteiger partial charge in [0.25, 0.3) is 26.0 Å². The molecule has 0 spiro atoms. The summed E-state index contributed by atoms with van der Waals surface area (Å²) in [6.45, 7) is 5.79. The molecular weight excluding hydrogens is 659 g/mol. The maximum absolute atomic E-state index is 14.3. The predicted molar refractivity (Wildman–Crippen MR) is 176 cm³/mol. The van der Waals surface area contributed by atoms with Crippen LogP contribution in [-0.2, 0) is 24.8 Å². The number of benzene rings is 1. The van der Waals surface area contributed by atoms with E-state index in [0.717, 1.165) is 35.5 Å². The highest BCUT2D eigenvalue weighted by molar-refractivity contribution is 7.94. The number of carbonyl (C=O) groups excluding carboxylic acids is 1. The molecule has 45 heavy (non-hydrogen) atoms. The van der Waals surface area contributed by atoms with Crippen molar-refractivity contribution < 1.29 is 36.2 Å². The average molecular weight is 700 g/mol. The largest absolute Gasteiger partial charge is 0.490 e. The minimum atomic E-state index is -3.87. The van der Waals surface area contributed by atoms with Crippen molar-refractivity contribution in [3.05, 3.63) is 58.8 Å². The van der Waals surface area contributed by atoms with Crippen molar-refractivity contribution in [1.29, 1.82) is 0 Å². The number of likely N-dealkylation sites (N-methyl/N-ethyl adjacent to an activating group) is 1. The standard InChI is InChI=1S/C30H41N3O8S4/c1-21-18-33(22(2)20-34)30(35)25-17-24(31-44(36,37)28-10-7-15-42-28)12-13-26(25)41-23(3)9-5-6-14-40-27(21)19-32(4)45(38,39)29-11-8-16-43-29/h7-8,10-13,15-17,21-23,27,31,34H,5-6,9,14,18-20H2,1-4H3/t21-,22+,23-,27-/m1/s1. The SMILES string of the molecule is C[C@@H]1CCCCO[C@H](CN(C)S(=O)(=O)c2cccs2)[C@H](C)CN([C@@H](C)CO)C(=O)c2cc(NS(=O)(=O)c3cccs3)ccc2O1. The second-order valence-electron chi connectivity index (χ2n) is 11.3. The molecule has 0 saturated carbocycles. The first-order valence-corrected chi connectivity index (χ1v) is 19.4. The number of rotatable bonds is 9. The van der Waals surface area contributed by atoms with Gasteiger partial charge in [-0.1, -0.05) is 19.1 Å². The van der Waals surface area contributed by atoms with Crippen LogP contribution < -0.4 is 9.46 Å². The maximum Gasteiger partial charge on any atom is 0.271 e. The Labute approximate surface area is 273 Å². The number of nitrogens with zero attached hydrogens (tertiary/aromatic N) is 2. The molecule has 4 atom stereocenters. The van der Waals surface area contributed by atoms with Crippen molar-refractivity contribution >= 4 is 54.3 Å². The van der Waals surface area contributed by atoms with Gasteiger partial charge in [-0.25, -0.2) is 16.8 Å². The third-order valence-electron chi connectivity index (χ3n) is 7.66. The van der Waals surface area contributed by atoms with Crippen LogP contribution >= 0.6 is 22.7 Å². The molecule has 0 fully saturated rings. The number of anilines is 1. The van der Waals surface area contributed by atoms with Gasteiger partial charge in [-0.15, -0.1) is 22.7 Å². The lowest BCUT2D eigenvalue weighted by Crippen LogP contribution is -2.48. The molecule has 4 rings (SSSR count). The number of aliphatic hydroxyl groups excluding tert-OH is 1. The minimum absolute atomic E-state index is 0.0711. The van der Waals surface area contributed by atoms with E-state index in [-0.39, 0.29) is 51.4 Å². The highest BCUT2D eigenvalue weighted by Gasteiger charge is 2.33. The van der Waals surface area contributed by atoms with Crippen LogP contribution in [0.1, 0.15) is 50.4 Å². The van der Waals surface area contributed by atoms with Crippen LogP contribution in [-0.4, -0.2) is 88.7 Å². The van der Waals surface area contributed by atoms with Crippen molar-refractivity contribution in [2.24, 2.45) is 5.92 Å². The third-order valence-corrected chi connectivity index (χ3v) is 13.6. The number of carbonyl (C=O) groups is 1. The Hall–Kier alpha value is -2.53. The summed E-state index contributed by atoms with van der Waals surface area (Å²) in [6, 6.07) is 10.4. The first-order chi connectivity index (χ1) is 21.3. The first kappa shape index (κ1) is 35.3. The molecule has 1 amide bonds. The van der Waals surface area contributed by atoms with Crippen LogP contribution in [0.2, 0.25) is 0 Å². The summed E-state index contributed by atoms with van der Waals surface area (Å²) in [5, 5.41) is 13.5. The van der Waals surface area contributed by atoms with Crippen molar-refractivity contribution in [2.75, 3.05) is 38.1 Å². The second-order valence-corrected chi connectivity index (χ2v) is 17.3. The third kappa shape index (κ3) is 8.84. The van der Waals surface area contributed by atoms with Gasteiger partial charge in [0, 0.05) is 38.3 Å². The number of fused-ring (bicyclic) bond motifs is 1. The fourth-order valence-corrected chi connectivity index (χ4v) is 9.41. The van der Waals surface area contributed by atoms with Crippen molar-refractivity contribution in [1.82, 2.24) is 9.21 Å². The van der Waals surface area contributed by atoms with Crippen molar-refractivity contribution in [3.63, 3.8) is 0 Å². The molecule has 248 valence electrons. The highest BCUT2D eigenvalue weighted by Crippen LogP contribution is 2.30. The molecule has 2 N–H and O–H groups in total. The molecular formula is C30H41N3O8S4. The molecule has 2 aromatic heterocycles. The highest BCUT2D eigenvalue weighted by atomic mass is 32.3. The second kappa shape index (κ2) is 15.4. The average Bonchev–Trinajstić information content (AvgIpc) is 3.74. The van der Waals surface area contributed by atoms with Crippen LogP contribution in [0.15, 0.2) is 61.6 Å². The first-order valence-electron chi connectivity index (χ1n) is 14.7. The summed E-state index contributed by atoms with van der Waals surface area (Å²) >= 11 is 2.22.